The van der Waals surface area contributed by atoms with Gasteiger partial charge >= 0.3 is 11.9 Å². The highest BCUT2D eigenvalue weighted by atomic mass is 32.2. The third-order valence-corrected chi connectivity index (χ3v) is 10.4. The van der Waals surface area contributed by atoms with Crippen LogP contribution in [-0.4, -0.2) is 99.5 Å². The van der Waals surface area contributed by atoms with Crippen molar-refractivity contribution in [3.05, 3.63) is 21.2 Å². The quantitative estimate of drug-likeness (QED) is 0.0420. The Labute approximate surface area is 307 Å². The van der Waals surface area contributed by atoms with Gasteiger partial charge in [-0.05, 0) is 26.7 Å². The summed E-state index contributed by atoms with van der Waals surface area (Å²) in [6.07, 6.45) is 13.3. The molecule has 286 valence electrons. The molecule has 0 aliphatic carbocycles. The number of ether oxygens (including phenoxy) is 4. The van der Waals surface area contributed by atoms with Crippen LogP contribution in [0.5, 0.6) is 0 Å². The lowest BCUT2D eigenvalue weighted by Crippen LogP contribution is -2.22. The van der Waals surface area contributed by atoms with E-state index < -0.39 is 11.9 Å². The molecular weight excluding hydrogens is 685 g/mol. The fourth-order valence-corrected chi connectivity index (χ4v) is 6.75. The second-order valence-corrected chi connectivity index (χ2v) is 14.0. The fraction of sp³-hybridized carbons (Fsp3) is 0.722. The Morgan fingerprint density at radius 2 is 0.820 bits per heavy atom. The van der Waals surface area contributed by atoms with Gasteiger partial charge < -0.3 is 28.7 Å². The molecule has 14 heteroatoms. The molecule has 0 bridgehead atoms. The molecule has 0 radical (unpaired) electrons. The third kappa shape index (κ3) is 22.9. The second kappa shape index (κ2) is 31.1. The van der Waals surface area contributed by atoms with Gasteiger partial charge in [-0.1, -0.05) is 74.9 Å². The number of carbonyl (C=O) groups is 6. The van der Waals surface area contributed by atoms with E-state index in [0.29, 0.717) is 39.1 Å². The highest BCUT2D eigenvalue weighted by molar-refractivity contribution is 8.17. The summed E-state index contributed by atoms with van der Waals surface area (Å²) in [6, 6.07) is 0. The van der Waals surface area contributed by atoms with E-state index in [4.69, 9.17) is 9.47 Å². The summed E-state index contributed by atoms with van der Waals surface area (Å²) in [5, 5.41) is -0.298. The standard InChI is InChI=1S/C36H60N2O10S2/c1-29(31(21-25-45-3)49-35(43)19-17-33(41)47-5)37(27-39)23-15-13-11-9-7-8-10-12-14-16-24-38(28-40)30(2)32(22-26-46-4)50-36(44)20-18-34(42)48-6/h27-28H,7-26H2,1-6H3/b31-29-,32-30-. The zero-order valence-corrected chi connectivity index (χ0v) is 32.7. The summed E-state index contributed by atoms with van der Waals surface area (Å²) >= 11 is 2.13. The van der Waals surface area contributed by atoms with Crippen molar-refractivity contribution in [3.8, 4) is 0 Å². The topological polar surface area (TPSA) is 146 Å². The molecule has 2 amide bonds. The van der Waals surface area contributed by atoms with Crippen molar-refractivity contribution in [1.82, 2.24) is 9.80 Å². The first-order valence-electron chi connectivity index (χ1n) is 17.4. The lowest BCUT2D eigenvalue weighted by molar-refractivity contribution is -0.142. The maximum absolute atomic E-state index is 12.4. The van der Waals surface area contributed by atoms with Gasteiger partial charge in [0.15, 0.2) is 10.2 Å². The zero-order valence-electron chi connectivity index (χ0n) is 31.1. The minimum atomic E-state index is -0.430. The minimum absolute atomic E-state index is 0.0263. The molecule has 0 aromatic rings. The first-order valence-corrected chi connectivity index (χ1v) is 19.1. The summed E-state index contributed by atoms with van der Waals surface area (Å²) in [6.45, 7) is 5.68. The molecular formula is C36H60N2O10S2. The van der Waals surface area contributed by atoms with E-state index in [2.05, 4.69) is 9.47 Å². The van der Waals surface area contributed by atoms with E-state index in [1.165, 1.54) is 14.2 Å². The Morgan fingerprint density at radius 3 is 1.10 bits per heavy atom. The molecule has 0 fully saturated rings. The number of unbranched alkanes of at least 4 members (excludes halogenated alkanes) is 9. The van der Waals surface area contributed by atoms with Gasteiger partial charge in [0.25, 0.3) is 0 Å². The summed E-state index contributed by atoms with van der Waals surface area (Å²) in [5.41, 5.74) is 1.48. The van der Waals surface area contributed by atoms with Gasteiger partial charge in [-0.2, -0.15) is 0 Å². The van der Waals surface area contributed by atoms with E-state index >= 15 is 0 Å². The van der Waals surface area contributed by atoms with Crippen LogP contribution >= 0.6 is 23.5 Å². The summed E-state index contributed by atoms with van der Waals surface area (Å²) < 4.78 is 19.6. The Hall–Kier alpha value is -2.68. The molecule has 0 rings (SSSR count). The molecule has 0 aliphatic heterocycles. The minimum Gasteiger partial charge on any atom is -0.469 e. The van der Waals surface area contributed by atoms with Gasteiger partial charge in [0, 0.05) is 74.2 Å². The van der Waals surface area contributed by atoms with Crippen LogP contribution in [0, 0.1) is 0 Å². The number of allylic oxidation sites excluding steroid dienone is 2. The maximum atomic E-state index is 12.4. The van der Waals surface area contributed by atoms with Crippen molar-refractivity contribution >= 4 is 58.5 Å². The van der Waals surface area contributed by atoms with Gasteiger partial charge in [-0.3, -0.25) is 28.8 Å². The molecule has 0 aliphatic rings. The SMILES string of the molecule is COCC/C(SC(=O)CCC(=O)OC)=C(\C)N(C=O)CCCCCCCCCCCCN(C=O)/C(C)=C(/CCOC)SC(=O)CCC(=O)OC. The van der Waals surface area contributed by atoms with Crippen LogP contribution < -0.4 is 0 Å². The highest BCUT2D eigenvalue weighted by Gasteiger charge is 2.17. The van der Waals surface area contributed by atoms with Gasteiger partial charge in [-0.15, -0.1) is 0 Å². The Bertz CT molecular complexity index is 1010. The number of hydrogen-bond donors (Lipinski definition) is 0. The van der Waals surface area contributed by atoms with Crippen molar-refractivity contribution < 1.29 is 47.7 Å². The zero-order chi connectivity index (χ0) is 37.6. The number of carbonyl (C=O) groups excluding carboxylic acids is 6. The van der Waals surface area contributed by atoms with Crippen molar-refractivity contribution in [2.45, 2.75) is 117 Å². The number of amides is 2. The van der Waals surface area contributed by atoms with Gasteiger partial charge in [0.05, 0.1) is 40.3 Å². The van der Waals surface area contributed by atoms with Crippen LogP contribution in [0.1, 0.15) is 117 Å². The molecule has 0 aromatic heterocycles. The Balaban J connectivity index is 4.52. The molecule has 0 saturated carbocycles. The largest absolute Gasteiger partial charge is 0.469 e. The van der Waals surface area contributed by atoms with Crippen LogP contribution in [0.3, 0.4) is 0 Å². The molecule has 12 nitrogen and oxygen atoms in total. The average Bonchev–Trinajstić information content (AvgIpc) is 3.12. The highest BCUT2D eigenvalue weighted by Crippen LogP contribution is 2.29. The van der Waals surface area contributed by atoms with Crippen LogP contribution in [0.2, 0.25) is 0 Å². The molecule has 0 unspecified atom stereocenters. The third-order valence-electron chi connectivity index (χ3n) is 8.03. The fourth-order valence-electron chi connectivity index (χ4n) is 4.89. The Morgan fingerprint density at radius 1 is 0.500 bits per heavy atom. The van der Waals surface area contributed by atoms with Gasteiger partial charge in [-0.25, -0.2) is 0 Å². The maximum Gasteiger partial charge on any atom is 0.305 e. The number of esters is 2. The number of hydrogen-bond acceptors (Lipinski definition) is 12. The number of methoxy groups -OCH3 is 4. The van der Waals surface area contributed by atoms with Crippen LogP contribution in [-0.2, 0) is 47.7 Å². The van der Waals surface area contributed by atoms with E-state index in [0.717, 1.165) is 122 Å². The first-order chi connectivity index (χ1) is 24.1. The van der Waals surface area contributed by atoms with Crippen molar-refractivity contribution in [3.63, 3.8) is 0 Å². The molecule has 0 heterocycles. The predicted octanol–water partition coefficient (Wildman–Crippen LogP) is 6.77. The van der Waals surface area contributed by atoms with Crippen LogP contribution in [0.4, 0.5) is 0 Å². The summed E-state index contributed by atoms with van der Waals surface area (Å²) in [7, 11) is 5.76. The lowest BCUT2D eigenvalue weighted by Gasteiger charge is -2.21. The molecule has 0 N–H and O–H groups in total. The molecule has 0 aromatic carbocycles. The summed E-state index contributed by atoms with van der Waals surface area (Å²) in [5.74, 6) is -0.859. The van der Waals surface area contributed by atoms with Crippen LogP contribution in [0.15, 0.2) is 21.2 Å². The lowest BCUT2D eigenvalue weighted by atomic mass is 10.1. The second-order valence-electron chi connectivity index (χ2n) is 11.7. The molecule has 0 saturated heterocycles. The van der Waals surface area contributed by atoms with Crippen molar-refractivity contribution in [2.75, 3.05) is 54.7 Å². The predicted molar refractivity (Wildman–Crippen MR) is 198 cm³/mol. The molecule has 0 atom stereocenters. The molecule has 0 spiro atoms. The number of thioether (sulfide) groups is 2. The monoisotopic (exact) mass is 744 g/mol. The average molecular weight is 745 g/mol. The molecule has 50 heavy (non-hydrogen) atoms. The van der Waals surface area contributed by atoms with E-state index in [1.807, 2.05) is 13.8 Å². The van der Waals surface area contributed by atoms with Gasteiger partial charge in [0.1, 0.15) is 0 Å². The van der Waals surface area contributed by atoms with E-state index in [1.54, 1.807) is 24.0 Å². The van der Waals surface area contributed by atoms with E-state index in [-0.39, 0.29) is 35.9 Å². The van der Waals surface area contributed by atoms with Crippen molar-refractivity contribution in [2.24, 2.45) is 0 Å². The number of rotatable bonds is 31. The summed E-state index contributed by atoms with van der Waals surface area (Å²) in [4.78, 5) is 76.2. The van der Waals surface area contributed by atoms with E-state index in [9.17, 15) is 28.8 Å². The smallest absolute Gasteiger partial charge is 0.305 e. The first kappa shape index (κ1) is 47.3. The van der Waals surface area contributed by atoms with Gasteiger partial charge in [0.2, 0.25) is 12.8 Å². The van der Waals surface area contributed by atoms with Crippen molar-refractivity contribution in [1.29, 1.82) is 0 Å². The normalized spacial score (nSPS) is 12.0. The van der Waals surface area contributed by atoms with Crippen LogP contribution in [0.25, 0.3) is 0 Å². The number of nitrogens with zero attached hydrogens (tertiary/aromatic N) is 2. The Kier molecular flexibility index (Phi) is 29.4.